The maximum atomic E-state index is 5.65. The van der Waals surface area contributed by atoms with Crippen LogP contribution in [0.15, 0.2) is 24.3 Å². The van der Waals surface area contributed by atoms with E-state index in [9.17, 15) is 0 Å². The van der Waals surface area contributed by atoms with Crippen LogP contribution in [0, 0.1) is 0 Å². The van der Waals surface area contributed by atoms with Crippen molar-refractivity contribution in [3.05, 3.63) is 34.7 Å². The largest absolute Gasteiger partial charge is 0.326 e. The Morgan fingerprint density at radius 2 is 2.19 bits per heavy atom. The first-order valence-electron chi connectivity index (χ1n) is 5.80. The topological polar surface area (TPSA) is 38.0 Å². The van der Waals surface area contributed by atoms with Gasteiger partial charge in [0.2, 0.25) is 0 Å². The second-order valence-electron chi connectivity index (χ2n) is 4.44. The normalized spacial score (nSPS) is 15.8. The molecule has 1 aliphatic carbocycles. The summed E-state index contributed by atoms with van der Waals surface area (Å²) in [4.78, 5) is 1.43. The Bertz CT molecular complexity index is 500. The van der Waals surface area contributed by atoms with Crippen LogP contribution in [-0.2, 0) is 13.1 Å². The minimum Gasteiger partial charge on any atom is -0.326 e. The Labute approximate surface area is 99.5 Å². The molecule has 1 aromatic heterocycles. The van der Waals surface area contributed by atoms with Crippen LogP contribution >= 0.6 is 11.3 Å². The van der Waals surface area contributed by atoms with Crippen molar-refractivity contribution < 1.29 is 0 Å². The van der Waals surface area contributed by atoms with E-state index in [2.05, 4.69) is 29.6 Å². The Hall–Kier alpha value is -0.900. The molecule has 0 spiro atoms. The zero-order valence-electron chi connectivity index (χ0n) is 9.20. The van der Waals surface area contributed by atoms with Crippen LogP contribution in [0.1, 0.15) is 23.3 Å². The lowest BCUT2D eigenvalue weighted by Gasteiger charge is -1.97. The number of nitrogens with one attached hydrogen (secondary N) is 1. The van der Waals surface area contributed by atoms with E-state index in [0.29, 0.717) is 6.54 Å². The number of nitrogens with two attached hydrogens (primary N) is 1. The highest BCUT2D eigenvalue weighted by Gasteiger charge is 2.20. The fourth-order valence-corrected chi connectivity index (χ4v) is 2.96. The lowest BCUT2D eigenvalue weighted by molar-refractivity contribution is 0.695. The molecule has 16 heavy (non-hydrogen) atoms. The molecule has 84 valence electrons. The van der Waals surface area contributed by atoms with Crippen LogP contribution in [0.4, 0.5) is 0 Å². The minimum atomic E-state index is 0.628. The van der Waals surface area contributed by atoms with Gasteiger partial charge in [0.1, 0.15) is 0 Å². The van der Waals surface area contributed by atoms with Gasteiger partial charge >= 0.3 is 0 Å². The molecule has 0 aliphatic heterocycles. The van der Waals surface area contributed by atoms with Crippen molar-refractivity contribution in [2.45, 2.75) is 32.0 Å². The lowest BCUT2D eigenvalue weighted by atomic mass is 10.2. The lowest BCUT2D eigenvalue weighted by Crippen LogP contribution is -2.14. The van der Waals surface area contributed by atoms with Crippen molar-refractivity contribution in [3.63, 3.8) is 0 Å². The molecule has 0 amide bonds. The highest BCUT2D eigenvalue weighted by atomic mass is 32.1. The van der Waals surface area contributed by atoms with Crippen LogP contribution in [0.2, 0.25) is 0 Å². The van der Waals surface area contributed by atoms with Gasteiger partial charge in [-0.25, -0.2) is 0 Å². The van der Waals surface area contributed by atoms with Crippen LogP contribution in [0.25, 0.3) is 10.1 Å². The fourth-order valence-electron chi connectivity index (χ4n) is 1.88. The maximum absolute atomic E-state index is 5.65. The van der Waals surface area contributed by atoms with Gasteiger partial charge in [0.25, 0.3) is 0 Å². The predicted octanol–water partition coefficient (Wildman–Crippen LogP) is 2.61. The SMILES string of the molecule is NCc1ccc2cc(CNC3CC3)sc2c1. The van der Waals surface area contributed by atoms with E-state index in [-0.39, 0.29) is 0 Å². The Morgan fingerprint density at radius 1 is 1.31 bits per heavy atom. The van der Waals surface area contributed by atoms with Crippen molar-refractivity contribution in [2.24, 2.45) is 5.73 Å². The van der Waals surface area contributed by atoms with Gasteiger partial charge in [0.05, 0.1) is 0 Å². The van der Waals surface area contributed by atoms with Crippen molar-refractivity contribution in [1.82, 2.24) is 5.32 Å². The molecule has 0 unspecified atom stereocenters. The zero-order chi connectivity index (χ0) is 11.0. The van der Waals surface area contributed by atoms with Crippen molar-refractivity contribution in [2.75, 3.05) is 0 Å². The molecule has 2 aromatic rings. The van der Waals surface area contributed by atoms with E-state index < -0.39 is 0 Å². The third kappa shape index (κ3) is 2.12. The standard InChI is InChI=1S/C13H16N2S/c14-7-9-1-2-10-6-12(16-13(10)5-9)8-15-11-3-4-11/h1-2,5-6,11,15H,3-4,7-8,14H2. The van der Waals surface area contributed by atoms with E-state index in [1.54, 1.807) is 0 Å². The summed E-state index contributed by atoms with van der Waals surface area (Å²) in [5, 5.41) is 4.89. The molecule has 1 aromatic carbocycles. The van der Waals surface area contributed by atoms with E-state index in [4.69, 9.17) is 5.73 Å². The Balaban J connectivity index is 1.83. The second kappa shape index (κ2) is 4.17. The minimum absolute atomic E-state index is 0.628. The van der Waals surface area contributed by atoms with Crippen LogP contribution in [-0.4, -0.2) is 6.04 Å². The van der Waals surface area contributed by atoms with E-state index >= 15 is 0 Å². The van der Waals surface area contributed by atoms with Crippen LogP contribution < -0.4 is 11.1 Å². The summed E-state index contributed by atoms with van der Waals surface area (Å²) < 4.78 is 1.36. The first-order valence-corrected chi connectivity index (χ1v) is 6.61. The monoisotopic (exact) mass is 232 g/mol. The molecule has 0 bridgehead atoms. The average Bonchev–Trinajstić information content (AvgIpc) is 3.04. The van der Waals surface area contributed by atoms with Gasteiger partial charge in [0.15, 0.2) is 0 Å². The zero-order valence-corrected chi connectivity index (χ0v) is 10.0. The van der Waals surface area contributed by atoms with Crippen molar-refractivity contribution >= 4 is 21.4 Å². The first-order chi connectivity index (χ1) is 7.85. The Kier molecular flexibility index (Phi) is 2.67. The number of benzene rings is 1. The predicted molar refractivity (Wildman–Crippen MR) is 69.6 cm³/mol. The van der Waals surface area contributed by atoms with Crippen LogP contribution in [0.3, 0.4) is 0 Å². The summed E-state index contributed by atoms with van der Waals surface area (Å²) in [5.41, 5.74) is 6.87. The first kappa shape index (κ1) is 10.3. The maximum Gasteiger partial charge on any atom is 0.0349 e. The molecule has 3 rings (SSSR count). The van der Waals surface area contributed by atoms with Crippen molar-refractivity contribution in [3.8, 4) is 0 Å². The number of hydrogen-bond donors (Lipinski definition) is 2. The molecule has 1 aliphatic rings. The van der Waals surface area contributed by atoms with Gasteiger partial charge in [-0.3, -0.25) is 0 Å². The van der Waals surface area contributed by atoms with E-state index in [0.717, 1.165) is 12.6 Å². The molecule has 1 fully saturated rings. The molecule has 0 saturated heterocycles. The molecule has 0 atom stereocenters. The molecule has 1 saturated carbocycles. The quantitative estimate of drug-likeness (QED) is 0.850. The summed E-state index contributed by atoms with van der Waals surface area (Å²) in [7, 11) is 0. The van der Waals surface area contributed by atoms with Gasteiger partial charge in [-0.15, -0.1) is 11.3 Å². The van der Waals surface area contributed by atoms with Crippen LogP contribution in [0.5, 0.6) is 0 Å². The third-order valence-electron chi connectivity index (χ3n) is 3.01. The number of thiophene rings is 1. The van der Waals surface area contributed by atoms with Gasteiger partial charge < -0.3 is 11.1 Å². The molecule has 3 heteroatoms. The molecule has 1 heterocycles. The van der Waals surface area contributed by atoms with Gasteiger partial charge in [-0.1, -0.05) is 12.1 Å². The summed E-state index contributed by atoms with van der Waals surface area (Å²) in [6, 6.07) is 9.57. The summed E-state index contributed by atoms with van der Waals surface area (Å²) >= 11 is 1.88. The number of hydrogen-bond acceptors (Lipinski definition) is 3. The summed E-state index contributed by atoms with van der Waals surface area (Å²) in [6.07, 6.45) is 2.70. The molecule has 2 nitrogen and oxygen atoms in total. The third-order valence-corrected chi connectivity index (χ3v) is 4.11. The van der Waals surface area contributed by atoms with Crippen molar-refractivity contribution in [1.29, 1.82) is 0 Å². The molecular weight excluding hydrogens is 216 g/mol. The fraction of sp³-hybridized carbons (Fsp3) is 0.385. The van der Waals surface area contributed by atoms with Gasteiger partial charge in [-0.2, -0.15) is 0 Å². The highest BCUT2D eigenvalue weighted by molar-refractivity contribution is 7.19. The molecule has 3 N–H and O–H groups in total. The Morgan fingerprint density at radius 3 is 2.94 bits per heavy atom. The van der Waals surface area contributed by atoms with E-state index in [1.807, 2.05) is 11.3 Å². The summed E-state index contributed by atoms with van der Waals surface area (Å²) in [5.74, 6) is 0. The number of rotatable bonds is 4. The molecular formula is C13H16N2S. The number of fused-ring (bicyclic) bond motifs is 1. The average molecular weight is 232 g/mol. The second-order valence-corrected chi connectivity index (χ2v) is 5.61. The smallest absolute Gasteiger partial charge is 0.0349 e. The highest BCUT2D eigenvalue weighted by Crippen LogP contribution is 2.27. The summed E-state index contributed by atoms with van der Waals surface area (Å²) in [6.45, 7) is 1.64. The van der Waals surface area contributed by atoms with E-state index in [1.165, 1.54) is 33.4 Å². The van der Waals surface area contributed by atoms with Gasteiger partial charge in [0, 0.05) is 28.7 Å². The van der Waals surface area contributed by atoms with Gasteiger partial charge in [-0.05, 0) is 35.9 Å². The molecule has 0 radical (unpaired) electrons.